The first kappa shape index (κ1) is 14.8. The maximum Gasteiger partial charge on any atom is 0.255 e. The van der Waals surface area contributed by atoms with Gasteiger partial charge >= 0.3 is 0 Å². The number of nitrogens with one attached hydrogen (secondary N) is 1. The average molecular weight is 377 g/mol. The quantitative estimate of drug-likeness (QED) is 0.729. The van der Waals surface area contributed by atoms with Gasteiger partial charge in [0.25, 0.3) is 5.91 Å². The summed E-state index contributed by atoms with van der Waals surface area (Å²) in [6.07, 6.45) is 3.48. The molecule has 0 radical (unpaired) electrons. The van der Waals surface area contributed by atoms with Crippen molar-refractivity contribution in [1.82, 2.24) is 9.78 Å². The van der Waals surface area contributed by atoms with Crippen LogP contribution in [0.3, 0.4) is 0 Å². The summed E-state index contributed by atoms with van der Waals surface area (Å²) in [7, 11) is 0. The number of hydrogen-bond donors (Lipinski definition) is 1. The van der Waals surface area contributed by atoms with Crippen molar-refractivity contribution >= 4 is 39.1 Å². The molecule has 0 saturated carbocycles. The molecule has 22 heavy (non-hydrogen) atoms. The molecule has 0 aliphatic rings. The van der Waals surface area contributed by atoms with Gasteiger partial charge in [0.15, 0.2) is 0 Å². The number of benzene rings is 2. The molecule has 1 amide bonds. The summed E-state index contributed by atoms with van der Waals surface area (Å²) in [5, 5.41) is 7.61. The van der Waals surface area contributed by atoms with Crippen molar-refractivity contribution in [3.05, 3.63) is 76.0 Å². The summed E-state index contributed by atoms with van der Waals surface area (Å²) in [6, 6.07) is 14.3. The van der Waals surface area contributed by atoms with Gasteiger partial charge in [-0.3, -0.25) is 4.79 Å². The Balaban J connectivity index is 1.95. The monoisotopic (exact) mass is 375 g/mol. The van der Waals surface area contributed by atoms with E-state index in [0.29, 0.717) is 16.3 Å². The van der Waals surface area contributed by atoms with Crippen LogP contribution >= 0.6 is 27.5 Å². The van der Waals surface area contributed by atoms with Gasteiger partial charge in [-0.1, -0.05) is 33.6 Å². The zero-order valence-electron chi connectivity index (χ0n) is 11.3. The maximum atomic E-state index is 12.4. The van der Waals surface area contributed by atoms with Gasteiger partial charge in [-0.05, 0) is 42.5 Å². The van der Waals surface area contributed by atoms with Crippen molar-refractivity contribution in [2.75, 3.05) is 5.32 Å². The van der Waals surface area contributed by atoms with E-state index in [2.05, 4.69) is 26.3 Å². The SMILES string of the molecule is O=C(Nc1cc(Cl)ccc1-n1cccn1)c1cccc(Br)c1. The van der Waals surface area contributed by atoms with Crippen LogP contribution < -0.4 is 5.32 Å². The maximum absolute atomic E-state index is 12.4. The number of halogens is 2. The fourth-order valence-electron chi connectivity index (χ4n) is 2.04. The summed E-state index contributed by atoms with van der Waals surface area (Å²) in [5.41, 5.74) is 1.90. The molecule has 4 nitrogen and oxygen atoms in total. The van der Waals surface area contributed by atoms with E-state index in [-0.39, 0.29) is 5.91 Å². The fraction of sp³-hybridized carbons (Fsp3) is 0. The minimum atomic E-state index is -0.211. The van der Waals surface area contributed by atoms with Crippen LogP contribution in [-0.4, -0.2) is 15.7 Å². The second-order valence-electron chi connectivity index (χ2n) is 4.58. The minimum absolute atomic E-state index is 0.211. The van der Waals surface area contributed by atoms with Crippen LogP contribution in [0.1, 0.15) is 10.4 Å². The molecule has 1 heterocycles. The lowest BCUT2D eigenvalue weighted by Gasteiger charge is -2.12. The fourth-order valence-corrected chi connectivity index (χ4v) is 2.62. The molecular formula is C16H11BrClN3O. The molecule has 0 bridgehead atoms. The lowest BCUT2D eigenvalue weighted by atomic mass is 10.2. The average Bonchev–Trinajstić information content (AvgIpc) is 3.01. The minimum Gasteiger partial charge on any atom is -0.320 e. The van der Waals surface area contributed by atoms with Gasteiger partial charge < -0.3 is 5.32 Å². The Morgan fingerprint density at radius 1 is 1.18 bits per heavy atom. The Bertz CT molecular complexity index is 818. The number of amides is 1. The highest BCUT2D eigenvalue weighted by atomic mass is 79.9. The number of aromatic nitrogens is 2. The normalized spacial score (nSPS) is 10.5. The lowest BCUT2D eigenvalue weighted by Crippen LogP contribution is -2.14. The van der Waals surface area contributed by atoms with Gasteiger partial charge in [0.05, 0.1) is 11.4 Å². The summed E-state index contributed by atoms with van der Waals surface area (Å²) < 4.78 is 2.52. The molecule has 0 saturated heterocycles. The van der Waals surface area contributed by atoms with Gasteiger partial charge in [0.1, 0.15) is 0 Å². The van der Waals surface area contributed by atoms with Crippen molar-refractivity contribution < 1.29 is 4.79 Å². The first-order valence-corrected chi connectivity index (χ1v) is 7.67. The molecular weight excluding hydrogens is 366 g/mol. The number of carbonyl (C=O) groups is 1. The third-order valence-corrected chi connectivity index (χ3v) is 3.77. The highest BCUT2D eigenvalue weighted by Gasteiger charge is 2.11. The Hall–Kier alpha value is -2.11. The summed E-state index contributed by atoms with van der Waals surface area (Å²) in [5.74, 6) is -0.211. The van der Waals surface area contributed by atoms with E-state index in [1.165, 1.54) is 0 Å². The Kier molecular flexibility index (Phi) is 4.27. The highest BCUT2D eigenvalue weighted by molar-refractivity contribution is 9.10. The van der Waals surface area contributed by atoms with Gasteiger partial charge in [-0.2, -0.15) is 5.10 Å². The standard InChI is InChI=1S/C16H11BrClN3O/c17-12-4-1-3-11(9-12)16(22)20-14-10-13(18)5-6-15(14)21-8-2-7-19-21/h1-10H,(H,20,22). The van der Waals surface area contributed by atoms with Gasteiger partial charge in [-0.15, -0.1) is 0 Å². The van der Waals surface area contributed by atoms with E-state index >= 15 is 0 Å². The van der Waals surface area contributed by atoms with Crippen molar-refractivity contribution in [3.63, 3.8) is 0 Å². The first-order valence-electron chi connectivity index (χ1n) is 6.50. The molecule has 0 aliphatic heterocycles. The molecule has 3 rings (SSSR count). The zero-order valence-corrected chi connectivity index (χ0v) is 13.7. The van der Waals surface area contributed by atoms with Crippen LogP contribution in [0, 0.1) is 0 Å². The predicted octanol–water partition coefficient (Wildman–Crippen LogP) is 4.54. The largest absolute Gasteiger partial charge is 0.320 e. The predicted molar refractivity (Wildman–Crippen MR) is 90.7 cm³/mol. The van der Waals surface area contributed by atoms with Gasteiger partial charge in [-0.25, -0.2) is 4.68 Å². The van der Waals surface area contributed by atoms with Crippen molar-refractivity contribution in [3.8, 4) is 5.69 Å². The van der Waals surface area contributed by atoms with E-state index in [4.69, 9.17) is 11.6 Å². The zero-order chi connectivity index (χ0) is 15.5. The Morgan fingerprint density at radius 3 is 2.77 bits per heavy atom. The molecule has 1 N–H and O–H groups in total. The molecule has 0 atom stereocenters. The van der Waals surface area contributed by atoms with Gasteiger partial charge in [0, 0.05) is 27.5 Å². The second-order valence-corrected chi connectivity index (χ2v) is 5.93. The van der Waals surface area contributed by atoms with E-state index in [0.717, 1.165) is 10.2 Å². The Labute approximate surface area is 140 Å². The molecule has 110 valence electrons. The van der Waals surface area contributed by atoms with E-state index in [1.807, 2.05) is 24.3 Å². The van der Waals surface area contributed by atoms with Crippen LogP contribution in [0.25, 0.3) is 5.69 Å². The number of anilines is 1. The third-order valence-electron chi connectivity index (χ3n) is 3.04. The smallest absolute Gasteiger partial charge is 0.255 e. The summed E-state index contributed by atoms with van der Waals surface area (Å²) in [4.78, 5) is 12.4. The van der Waals surface area contributed by atoms with Crippen molar-refractivity contribution in [2.24, 2.45) is 0 Å². The summed E-state index contributed by atoms with van der Waals surface area (Å²) in [6.45, 7) is 0. The third kappa shape index (κ3) is 3.21. The van der Waals surface area contributed by atoms with Crippen LogP contribution in [0.4, 0.5) is 5.69 Å². The van der Waals surface area contributed by atoms with Crippen LogP contribution in [0.5, 0.6) is 0 Å². The highest BCUT2D eigenvalue weighted by Crippen LogP contribution is 2.25. The molecule has 0 fully saturated rings. The molecule has 0 spiro atoms. The van der Waals surface area contributed by atoms with E-state index in [9.17, 15) is 4.79 Å². The second kappa shape index (κ2) is 6.34. The number of carbonyl (C=O) groups excluding carboxylic acids is 1. The molecule has 1 aromatic heterocycles. The van der Waals surface area contributed by atoms with E-state index in [1.54, 1.807) is 41.3 Å². The number of nitrogens with zero attached hydrogens (tertiary/aromatic N) is 2. The van der Waals surface area contributed by atoms with Crippen molar-refractivity contribution in [2.45, 2.75) is 0 Å². The van der Waals surface area contributed by atoms with Crippen molar-refractivity contribution in [1.29, 1.82) is 0 Å². The van der Waals surface area contributed by atoms with Gasteiger partial charge in [0.2, 0.25) is 0 Å². The first-order chi connectivity index (χ1) is 10.6. The molecule has 2 aromatic carbocycles. The number of rotatable bonds is 3. The van der Waals surface area contributed by atoms with Crippen LogP contribution in [0.2, 0.25) is 5.02 Å². The van der Waals surface area contributed by atoms with E-state index < -0.39 is 0 Å². The Morgan fingerprint density at radius 2 is 2.05 bits per heavy atom. The van der Waals surface area contributed by atoms with Crippen LogP contribution in [-0.2, 0) is 0 Å². The molecule has 3 aromatic rings. The summed E-state index contributed by atoms with van der Waals surface area (Å²) >= 11 is 9.40. The number of hydrogen-bond acceptors (Lipinski definition) is 2. The lowest BCUT2D eigenvalue weighted by molar-refractivity contribution is 0.102. The van der Waals surface area contributed by atoms with Crippen LogP contribution in [0.15, 0.2) is 65.4 Å². The molecule has 6 heteroatoms. The molecule has 0 unspecified atom stereocenters. The molecule has 0 aliphatic carbocycles. The topological polar surface area (TPSA) is 46.9 Å².